The Kier molecular flexibility index (Phi) is 3.23. The topological polar surface area (TPSA) is 46.2 Å². The lowest BCUT2D eigenvalue weighted by Crippen LogP contribution is -2.08. The lowest BCUT2D eigenvalue weighted by atomic mass is 10.1. The van der Waals surface area contributed by atoms with E-state index in [-0.39, 0.29) is 10.0 Å². The van der Waals surface area contributed by atoms with Crippen LogP contribution in [0.3, 0.4) is 0 Å². The normalized spacial score (nSPS) is 12.6. The number of rotatable bonds is 2. The molecule has 1 rings (SSSR count). The van der Waals surface area contributed by atoms with Crippen LogP contribution < -0.4 is 5.73 Å². The number of phenols is 1. The number of phenolic OH excluding ortho intramolecular Hbond substituents is 1. The standard InChI is InChI=1S/C9H8BrF2NO/c1-2-6(13)4-3-5(10)7(11)8(12)9(4)14/h2-3,6,14H,1,13H2/t6-/m1/s1. The molecule has 0 aromatic heterocycles. The third kappa shape index (κ3) is 1.78. The number of hydrogen-bond acceptors (Lipinski definition) is 2. The molecular formula is C9H8BrF2NO. The molecule has 0 spiro atoms. The summed E-state index contributed by atoms with van der Waals surface area (Å²) in [6.07, 6.45) is 1.32. The molecule has 0 heterocycles. The zero-order valence-electron chi connectivity index (χ0n) is 7.10. The van der Waals surface area contributed by atoms with Crippen LogP contribution in [0.2, 0.25) is 0 Å². The van der Waals surface area contributed by atoms with E-state index in [1.165, 1.54) is 12.1 Å². The van der Waals surface area contributed by atoms with Crippen molar-refractivity contribution in [1.82, 2.24) is 0 Å². The summed E-state index contributed by atoms with van der Waals surface area (Å²) in [6.45, 7) is 3.39. The van der Waals surface area contributed by atoms with Crippen LogP contribution in [0.25, 0.3) is 0 Å². The van der Waals surface area contributed by atoms with Gasteiger partial charge in [0.05, 0.1) is 10.5 Å². The van der Waals surface area contributed by atoms with Gasteiger partial charge in [0.1, 0.15) is 0 Å². The fraction of sp³-hybridized carbons (Fsp3) is 0.111. The molecule has 0 aliphatic rings. The van der Waals surface area contributed by atoms with Gasteiger partial charge in [-0.05, 0) is 22.0 Å². The number of aromatic hydroxyl groups is 1. The minimum absolute atomic E-state index is 0.0832. The summed E-state index contributed by atoms with van der Waals surface area (Å²) in [6, 6.07) is 0.487. The third-order valence-electron chi connectivity index (χ3n) is 1.78. The van der Waals surface area contributed by atoms with Gasteiger partial charge in [-0.2, -0.15) is 4.39 Å². The first kappa shape index (κ1) is 11.1. The zero-order valence-corrected chi connectivity index (χ0v) is 8.68. The molecule has 0 unspecified atom stereocenters. The molecule has 0 amide bonds. The van der Waals surface area contributed by atoms with E-state index >= 15 is 0 Å². The van der Waals surface area contributed by atoms with Gasteiger partial charge < -0.3 is 10.8 Å². The van der Waals surface area contributed by atoms with Gasteiger partial charge in [-0.15, -0.1) is 6.58 Å². The van der Waals surface area contributed by atoms with Crippen molar-refractivity contribution in [1.29, 1.82) is 0 Å². The first-order valence-corrected chi connectivity index (χ1v) is 4.52. The molecule has 1 atom stereocenters. The van der Waals surface area contributed by atoms with E-state index in [9.17, 15) is 13.9 Å². The molecule has 0 radical (unpaired) electrons. The van der Waals surface area contributed by atoms with Gasteiger partial charge in [0.25, 0.3) is 0 Å². The maximum absolute atomic E-state index is 13.0. The van der Waals surface area contributed by atoms with E-state index in [1.807, 2.05) is 0 Å². The maximum Gasteiger partial charge on any atom is 0.201 e. The molecule has 1 aromatic rings. The van der Waals surface area contributed by atoms with Crippen LogP contribution in [-0.2, 0) is 0 Å². The SMILES string of the molecule is C=C[C@@H](N)c1cc(Br)c(F)c(F)c1O. The summed E-state index contributed by atoms with van der Waals surface area (Å²) < 4.78 is 25.8. The minimum atomic E-state index is -1.31. The van der Waals surface area contributed by atoms with Crippen LogP contribution >= 0.6 is 15.9 Å². The molecule has 0 fully saturated rings. The molecule has 1 aromatic carbocycles. The molecular weight excluding hydrogens is 256 g/mol. The number of halogens is 3. The predicted molar refractivity (Wildman–Crippen MR) is 52.8 cm³/mol. The van der Waals surface area contributed by atoms with Crippen molar-refractivity contribution in [3.8, 4) is 5.75 Å². The van der Waals surface area contributed by atoms with Crippen LogP contribution in [0.1, 0.15) is 11.6 Å². The number of benzene rings is 1. The largest absolute Gasteiger partial charge is 0.505 e. The summed E-state index contributed by atoms with van der Waals surface area (Å²) in [5.74, 6) is -3.23. The lowest BCUT2D eigenvalue weighted by Gasteiger charge is -2.11. The van der Waals surface area contributed by atoms with Crippen LogP contribution in [0.15, 0.2) is 23.2 Å². The smallest absolute Gasteiger partial charge is 0.201 e. The Hall–Kier alpha value is -0.940. The molecule has 0 saturated carbocycles. The van der Waals surface area contributed by atoms with E-state index in [1.54, 1.807) is 0 Å². The molecule has 0 saturated heterocycles. The van der Waals surface area contributed by atoms with Crippen molar-refractivity contribution in [2.45, 2.75) is 6.04 Å². The second kappa shape index (κ2) is 4.06. The van der Waals surface area contributed by atoms with Crippen molar-refractivity contribution in [2.24, 2.45) is 5.73 Å². The molecule has 2 nitrogen and oxygen atoms in total. The highest BCUT2D eigenvalue weighted by Gasteiger charge is 2.18. The second-order valence-electron chi connectivity index (χ2n) is 2.69. The zero-order chi connectivity index (χ0) is 10.9. The average Bonchev–Trinajstić information content (AvgIpc) is 2.19. The fourth-order valence-corrected chi connectivity index (χ4v) is 1.41. The second-order valence-corrected chi connectivity index (χ2v) is 3.54. The van der Waals surface area contributed by atoms with E-state index in [4.69, 9.17) is 5.73 Å². The monoisotopic (exact) mass is 263 g/mol. The summed E-state index contributed by atoms with van der Waals surface area (Å²) in [5, 5.41) is 9.24. The predicted octanol–water partition coefficient (Wildman–Crippen LogP) is 2.62. The van der Waals surface area contributed by atoms with Crippen LogP contribution in [-0.4, -0.2) is 5.11 Å². The molecule has 14 heavy (non-hydrogen) atoms. The van der Waals surface area contributed by atoms with Gasteiger partial charge in [0.15, 0.2) is 11.6 Å². The molecule has 76 valence electrons. The Morgan fingerprint density at radius 2 is 2.07 bits per heavy atom. The van der Waals surface area contributed by atoms with Crippen molar-refractivity contribution < 1.29 is 13.9 Å². The summed E-state index contributed by atoms with van der Waals surface area (Å²) in [7, 11) is 0. The van der Waals surface area contributed by atoms with Gasteiger partial charge in [-0.1, -0.05) is 6.08 Å². The quantitative estimate of drug-likeness (QED) is 0.637. The molecule has 0 bridgehead atoms. The van der Waals surface area contributed by atoms with Gasteiger partial charge in [-0.3, -0.25) is 0 Å². The van der Waals surface area contributed by atoms with E-state index in [0.29, 0.717) is 0 Å². The Balaban J connectivity index is 3.40. The summed E-state index contributed by atoms with van der Waals surface area (Å²) >= 11 is 2.81. The molecule has 3 N–H and O–H groups in total. The van der Waals surface area contributed by atoms with Crippen molar-refractivity contribution in [2.75, 3.05) is 0 Å². The van der Waals surface area contributed by atoms with Gasteiger partial charge >= 0.3 is 0 Å². The highest BCUT2D eigenvalue weighted by atomic mass is 79.9. The highest BCUT2D eigenvalue weighted by Crippen LogP contribution is 2.32. The Morgan fingerprint density at radius 1 is 1.50 bits per heavy atom. The fourth-order valence-electron chi connectivity index (χ4n) is 0.985. The maximum atomic E-state index is 13.0. The van der Waals surface area contributed by atoms with Crippen molar-refractivity contribution in [3.05, 3.63) is 40.4 Å². The third-order valence-corrected chi connectivity index (χ3v) is 2.36. The van der Waals surface area contributed by atoms with Gasteiger partial charge in [0, 0.05) is 5.56 Å². The number of hydrogen-bond donors (Lipinski definition) is 2. The van der Waals surface area contributed by atoms with E-state index < -0.39 is 23.4 Å². The average molecular weight is 264 g/mol. The van der Waals surface area contributed by atoms with E-state index in [2.05, 4.69) is 22.5 Å². The molecule has 5 heteroatoms. The van der Waals surface area contributed by atoms with Crippen LogP contribution in [0, 0.1) is 11.6 Å². The molecule has 0 aliphatic heterocycles. The van der Waals surface area contributed by atoms with Gasteiger partial charge in [-0.25, -0.2) is 4.39 Å². The number of nitrogens with two attached hydrogens (primary N) is 1. The van der Waals surface area contributed by atoms with Crippen LogP contribution in [0.5, 0.6) is 5.75 Å². The minimum Gasteiger partial charge on any atom is -0.505 e. The highest BCUT2D eigenvalue weighted by molar-refractivity contribution is 9.10. The molecule has 0 aliphatic carbocycles. The summed E-state index contributed by atoms with van der Waals surface area (Å²) in [4.78, 5) is 0. The van der Waals surface area contributed by atoms with Crippen molar-refractivity contribution in [3.63, 3.8) is 0 Å². The Bertz CT molecular complexity index is 382. The Labute approximate surface area is 88.2 Å². The lowest BCUT2D eigenvalue weighted by molar-refractivity contribution is 0.398. The first-order chi connectivity index (χ1) is 6.49. The van der Waals surface area contributed by atoms with E-state index in [0.717, 1.165) is 0 Å². The first-order valence-electron chi connectivity index (χ1n) is 3.73. The van der Waals surface area contributed by atoms with Crippen LogP contribution in [0.4, 0.5) is 8.78 Å². The van der Waals surface area contributed by atoms with Gasteiger partial charge in [0.2, 0.25) is 5.82 Å². The Morgan fingerprint density at radius 3 is 2.57 bits per heavy atom. The van der Waals surface area contributed by atoms with Crippen molar-refractivity contribution >= 4 is 15.9 Å². The summed E-state index contributed by atoms with van der Waals surface area (Å²) in [5.41, 5.74) is 5.58.